The molecule has 2 rings (SSSR count). The van der Waals surface area contributed by atoms with Crippen LogP contribution in [-0.4, -0.2) is 13.1 Å². The number of fused-ring (bicyclic) bond motifs is 1. The van der Waals surface area contributed by atoms with Crippen LogP contribution in [0.3, 0.4) is 0 Å². The minimum absolute atomic E-state index is 0.429. The van der Waals surface area contributed by atoms with E-state index in [1.54, 1.807) is 0 Å². The molecule has 0 amide bonds. The van der Waals surface area contributed by atoms with Crippen LogP contribution in [0.4, 0.5) is 5.69 Å². The molecule has 0 aromatic heterocycles. The normalized spacial score (nSPS) is 21.5. The fourth-order valence-corrected chi connectivity index (χ4v) is 1.99. The minimum atomic E-state index is 0.429. The maximum Gasteiger partial charge on any atom is 0.0379 e. The lowest BCUT2D eigenvalue weighted by Crippen LogP contribution is -2.12. The molecule has 0 bridgehead atoms. The van der Waals surface area contributed by atoms with Gasteiger partial charge in [0.2, 0.25) is 0 Å². The summed E-state index contributed by atoms with van der Waals surface area (Å²) in [5.74, 6) is 0. The van der Waals surface area contributed by atoms with Gasteiger partial charge in [-0.3, -0.25) is 0 Å². The van der Waals surface area contributed by atoms with Crippen molar-refractivity contribution in [3.63, 3.8) is 0 Å². The molecule has 0 spiro atoms. The third-order valence-corrected chi connectivity index (χ3v) is 2.99. The summed E-state index contributed by atoms with van der Waals surface area (Å²) in [6, 6.07) is 7.75. The Morgan fingerprint density at radius 1 is 1.50 bits per heavy atom. The second-order valence-electron chi connectivity index (χ2n) is 4.18. The van der Waals surface area contributed by atoms with Gasteiger partial charge in [0.25, 0.3) is 0 Å². The monoisotopic (exact) mass is 190 g/mol. The number of benzene rings is 1. The van der Waals surface area contributed by atoms with Gasteiger partial charge in [-0.2, -0.15) is 0 Å². The Balaban J connectivity index is 2.28. The predicted molar refractivity (Wildman–Crippen MR) is 60.7 cm³/mol. The number of anilines is 1. The Hall–Kier alpha value is -1.02. The average molecular weight is 190 g/mol. The van der Waals surface area contributed by atoms with Crippen molar-refractivity contribution in [1.29, 1.82) is 0 Å². The van der Waals surface area contributed by atoms with E-state index in [-0.39, 0.29) is 0 Å². The number of hydrogen-bond donors (Lipinski definition) is 2. The summed E-state index contributed by atoms with van der Waals surface area (Å²) < 4.78 is 0. The number of rotatable bonds is 2. The lowest BCUT2D eigenvalue weighted by Gasteiger charge is -2.12. The Kier molecular flexibility index (Phi) is 2.46. The van der Waals surface area contributed by atoms with Crippen molar-refractivity contribution in [2.45, 2.75) is 32.4 Å². The van der Waals surface area contributed by atoms with Crippen molar-refractivity contribution >= 4 is 5.69 Å². The summed E-state index contributed by atoms with van der Waals surface area (Å²) in [5.41, 5.74) is 4.12. The van der Waals surface area contributed by atoms with E-state index >= 15 is 0 Å². The Labute approximate surface area is 85.7 Å². The Morgan fingerprint density at radius 2 is 2.29 bits per heavy atom. The molecule has 76 valence electrons. The topological polar surface area (TPSA) is 24.1 Å². The molecule has 2 unspecified atom stereocenters. The van der Waals surface area contributed by atoms with E-state index in [1.165, 1.54) is 16.8 Å². The van der Waals surface area contributed by atoms with Gasteiger partial charge >= 0.3 is 0 Å². The van der Waals surface area contributed by atoms with Gasteiger partial charge in [0.1, 0.15) is 0 Å². The first-order chi connectivity index (χ1) is 6.70. The molecular weight excluding hydrogens is 172 g/mol. The van der Waals surface area contributed by atoms with E-state index < -0.39 is 0 Å². The molecule has 2 heteroatoms. The van der Waals surface area contributed by atoms with Crippen molar-refractivity contribution in [3.05, 3.63) is 29.3 Å². The molecule has 0 saturated heterocycles. The summed E-state index contributed by atoms with van der Waals surface area (Å²) in [6.07, 6.45) is 1.16. The Morgan fingerprint density at radius 3 is 3.00 bits per heavy atom. The van der Waals surface area contributed by atoms with Crippen LogP contribution >= 0.6 is 0 Å². The third kappa shape index (κ3) is 1.62. The highest BCUT2D eigenvalue weighted by molar-refractivity contribution is 5.58. The highest BCUT2D eigenvalue weighted by atomic mass is 14.9. The molecule has 0 radical (unpaired) electrons. The summed E-state index contributed by atoms with van der Waals surface area (Å²) in [4.78, 5) is 0. The molecule has 1 aromatic carbocycles. The second kappa shape index (κ2) is 3.62. The van der Waals surface area contributed by atoms with E-state index in [9.17, 15) is 0 Å². The molecule has 1 aliphatic rings. The van der Waals surface area contributed by atoms with Gasteiger partial charge in [-0.1, -0.05) is 12.1 Å². The van der Waals surface area contributed by atoms with Gasteiger partial charge in [-0.25, -0.2) is 0 Å². The van der Waals surface area contributed by atoms with Crippen molar-refractivity contribution < 1.29 is 0 Å². The van der Waals surface area contributed by atoms with E-state index in [4.69, 9.17) is 0 Å². The van der Waals surface area contributed by atoms with Gasteiger partial charge in [0, 0.05) is 17.8 Å². The quantitative estimate of drug-likeness (QED) is 0.748. The fraction of sp³-hybridized carbons (Fsp3) is 0.500. The smallest absolute Gasteiger partial charge is 0.0379 e. The van der Waals surface area contributed by atoms with Gasteiger partial charge in [0.15, 0.2) is 0 Å². The highest BCUT2D eigenvalue weighted by Crippen LogP contribution is 2.28. The standard InChI is InChI=1S/C12H18N2/c1-8-6-11-5-4-10(9(2)13-3)7-12(11)14-8/h4-5,7-9,13-14H,6H2,1-3H3. The molecule has 0 aliphatic carbocycles. The number of hydrogen-bond acceptors (Lipinski definition) is 2. The summed E-state index contributed by atoms with van der Waals surface area (Å²) in [6.45, 7) is 4.40. The zero-order chi connectivity index (χ0) is 10.1. The van der Waals surface area contributed by atoms with Crippen molar-refractivity contribution in [2.24, 2.45) is 0 Å². The summed E-state index contributed by atoms with van der Waals surface area (Å²) in [7, 11) is 1.99. The van der Waals surface area contributed by atoms with Crippen LogP contribution in [0.1, 0.15) is 31.0 Å². The maximum absolute atomic E-state index is 3.49. The molecule has 1 aliphatic heterocycles. The molecule has 2 atom stereocenters. The molecule has 1 heterocycles. The zero-order valence-electron chi connectivity index (χ0n) is 9.09. The number of nitrogens with one attached hydrogen (secondary N) is 2. The average Bonchev–Trinajstić information content (AvgIpc) is 2.55. The van der Waals surface area contributed by atoms with Gasteiger partial charge < -0.3 is 10.6 Å². The van der Waals surface area contributed by atoms with Crippen molar-refractivity contribution in [3.8, 4) is 0 Å². The van der Waals surface area contributed by atoms with Gasteiger partial charge in [-0.05, 0) is 44.5 Å². The van der Waals surface area contributed by atoms with Gasteiger partial charge in [0.05, 0.1) is 0 Å². The predicted octanol–water partition coefficient (Wildman–Crippen LogP) is 2.32. The third-order valence-electron chi connectivity index (χ3n) is 2.99. The fourth-order valence-electron chi connectivity index (χ4n) is 1.99. The molecule has 0 saturated carbocycles. The Bertz CT molecular complexity index is 333. The highest BCUT2D eigenvalue weighted by Gasteiger charge is 2.17. The second-order valence-corrected chi connectivity index (χ2v) is 4.18. The van der Waals surface area contributed by atoms with Crippen LogP contribution < -0.4 is 10.6 Å². The SMILES string of the molecule is CNC(C)c1ccc2c(c1)NC(C)C2. The molecule has 2 nitrogen and oxygen atoms in total. The summed E-state index contributed by atoms with van der Waals surface area (Å²) in [5, 5.41) is 6.74. The zero-order valence-corrected chi connectivity index (χ0v) is 9.09. The van der Waals surface area contributed by atoms with Crippen LogP contribution in [0.2, 0.25) is 0 Å². The first kappa shape index (κ1) is 9.53. The van der Waals surface area contributed by atoms with E-state index in [2.05, 4.69) is 42.7 Å². The lowest BCUT2D eigenvalue weighted by molar-refractivity contribution is 0.652. The molecule has 0 fully saturated rings. The van der Waals surface area contributed by atoms with Crippen LogP contribution in [-0.2, 0) is 6.42 Å². The van der Waals surface area contributed by atoms with Crippen LogP contribution in [0.25, 0.3) is 0 Å². The van der Waals surface area contributed by atoms with Crippen LogP contribution in [0.15, 0.2) is 18.2 Å². The lowest BCUT2D eigenvalue weighted by atomic mass is 10.0. The molecule has 1 aromatic rings. The van der Waals surface area contributed by atoms with Crippen LogP contribution in [0.5, 0.6) is 0 Å². The largest absolute Gasteiger partial charge is 0.382 e. The van der Waals surface area contributed by atoms with E-state index in [1.807, 2.05) is 7.05 Å². The maximum atomic E-state index is 3.49. The van der Waals surface area contributed by atoms with E-state index in [0.29, 0.717) is 12.1 Å². The first-order valence-electron chi connectivity index (χ1n) is 5.27. The first-order valence-corrected chi connectivity index (χ1v) is 5.27. The van der Waals surface area contributed by atoms with Gasteiger partial charge in [-0.15, -0.1) is 0 Å². The van der Waals surface area contributed by atoms with Crippen molar-refractivity contribution in [2.75, 3.05) is 12.4 Å². The van der Waals surface area contributed by atoms with Crippen LogP contribution in [0, 0.1) is 0 Å². The molecular formula is C12H18N2. The molecule has 14 heavy (non-hydrogen) atoms. The van der Waals surface area contributed by atoms with Crippen molar-refractivity contribution in [1.82, 2.24) is 5.32 Å². The molecule has 2 N–H and O–H groups in total. The van der Waals surface area contributed by atoms with E-state index in [0.717, 1.165) is 6.42 Å². The summed E-state index contributed by atoms with van der Waals surface area (Å²) >= 11 is 0. The minimum Gasteiger partial charge on any atom is -0.382 e.